The SMILES string of the molecule is CCc1cc(Oc2cncc(F)c2)cc(C(=O)Cc2ccc(C#N)cn2)n1. The van der Waals surface area contributed by atoms with Gasteiger partial charge in [-0.15, -0.1) is 0 Å². The number of halogens is 1. The molecular formula is C20H15FN4O2. The summed E-state index contributed by atoms with van der Waals surface area (Å²) < 4.78 is 18.9. The number of aromatic nitrogens is 3. The summed E-state index contributed by atoms with van der Waals surface area (Å²) in [5.74, 6) is -0.133. The molecule has 0 amide bonds. The smallest absolute Gasteiger partial charge is 0.187 e. The highest BCUT2D eigenvalue weighted by atomic mass is 19.1. The zero-order valence-electron chi connectivity index (χ0n) is 14.5. The summed E-state index contributed by atoms with van der Waals surface area (Å²) in [7, 11) is 0. The molecule has 27 heavy (non-hydrogen) atoms. The van der Waals surface area contributed by atoms with Crippen molar-refractivity contribution >= 4 is 5.78 Å². The monoisotopic (exact) mass is 362 g/mol. The zero-order chi connectivity index (χ0) is 19.2. The van der Waals surface area contributed by atoms with Crippen LogP contribution in [0.3, 0.4) is 0 Å². The van der Waals surface area contributed by atoms with E-state index in [9.17, 15) is 9.18 Å². The minimum atomic E-state index is -0.513. The van der Waals surface area contributed by atoms with Crippen molar-refractivity contribution in [3.8, 4) is 17.6 Å². The summed E-state index contributed by atoms with van der Waals surface area (Å²) in [4.78, 5) is 24.8. The average Bonchev–Trinajstić information content (AvgIpc) is 2.68. The van der Waals surface area contributed by atoms with Crippen molar-refractivity contribution in [1.29, 1.82) is 5.26 Å². The van der Waals surface area contributed by atoms with E-state index in [1.165, 1.54) is 24.5 Å². The van der Waals surface area contributed by atoms with Crippen molar-refractivity contribution in [2.24, 2.45) is 0 Å². The van der Waals surface area contributed by atoms with E-state index < -0.39 is 5.82 Å². The van der Waals surface area contributed by atoms with E-state index in [2.05, 4.69) is 15.0 Å². The van der Waals surface area contributed by atoms with Crippen LogP contribution in [0, 0.1) is 17.1 Å². The van der Waals surface area contributed by atoms with E-state index >= 15 is 0 Å². The molecule has 0 saturated heterocycles. The Hall–Kier alpha value is -3.66. The second-order valence-corrected chi connectivity index (χ2v) is 5.72. The topological polar surface area (TPSA) is 88.8 Å². The van der Waals surface area contributed by atoms with Gasteiger partial charge in [0, 0.05) is 35.8 Å². The van der Waals surface area contributed by atoms with Gasteiger partial charge in [0.25, 0.3) is 0 Å². The van der Waals surface area contributed by atoms with Crippen LogP contribution in [0.4, 0.5) is 4.39 Å². The number of hydrogen-bond acceptors (Lipinski definition) is 6. The van der Waals surface area contributed by atoms with Gasteiger partial charge in [-0.05, 0) is 18.6 Å². The molecule has 3 heterocycles. The number of carbonyl (C=O) groups is 1. The summed E-state index contributed by atoms with van der Waals surface area (Å²) in [5, 5.41) is 8.81. The third-order valence-electron chi connectivity index (χ3n) is 3.71. The second kappa shape index (κ2) is 8.15. The Balaban J connectivity index is 1.83. The lowest BCUT2D eigenvalue weighted by Gasteiger charge is -2.09. The number of pyridine rings is 3. The van der Waals surface area contributed by atoms with Crippen molar-refractivity contribution in [1.82, 2.24) is 15.0 Å². The third kappa shape index (κ3) is 4.70. The first kappa shape index (κ1) is 18.1. The normalized spacial score (nSPS) is 10.3. The predicted molar refractivity (Wildman–Crippen MR) is 94.9 cm³/mol. The highest BCUT2D eigenvalue weighted by Crippen LogP contribution is 2.23. The minimum absolute atomic E-state index is 0.0484. The lowest BCUT2D eigenvalue weighted by molar-refractivity contribution is 0.0986. The molecule has 0 N–H and O–H groups in total. The van der Waals surface area contributed by atoms with Crippen LogP contribution >= 0.6 is 0 Å². The van der Waals surface area contributed by atoms with Crippen molar-refractivity contribution in [2.45, 2.75) is 19.8 Å². The Morgan fingerprint density at radius 2 is 2.00 bits per heavy atom. The zero-order valence-corrected chi connectivity index (χ0v) is 14.5. The molecule has 3 aromatic heterocycles. The Morgan fingerprint density at radius 1 is 1.15 bits per heavy atom. The molecule has 0 bridgehead atoms. The fourth-order valence-electron chi connectivity index (χ4n) is 2.38. The number of ether oxygens (including phenoxy) is 1. The van der Waals surface area contributed by atoms with E-state index in [0.717, 1.165) is 6.20 Å². The molecule has 0 saturated carbocycles. The van der Waals surface area contributed by atoms with Crippen molar-refractivity contribution < 1.29 is 13.9 Å². The molecule has 134 valence electrons. The maximum absolute atomic E-state index is 13.3. The fraction of sp³-hybridized carbons (Fsp3) is 0.150. The Kier molecular flexibility index (Phi) is 5.47. The van der Waals surface area contributed by atoms with Gasteiger partial charge in [0.15, 0.2) is 5.78 Å². The Labute approximate surface area is 155 Å². The fourth-order valence-corrected chi connectivity index (χ4v) is 2.38. The number of nitriles is 1. The first-order valence-corrected chi connectivity index (χ1v) is 8.25. The van der Waals surface area contributed by atoms with Crippen LogP contribution in [0.1, 0.15) is 34.4 Å². The number of ketones is 1. The lowest BCUT2D eigenvalue weighted by Crippen LogP contribution is -2.09. The van der Waals surface area contributed by atoms with Crippen LogP contribution in [0.2, 0.25) is 0 Å². The number of Topliss-reactive ketones (excluding diaryl/α,β-unsaturated/α-hetero) is 1. The molecule has 0 aliphatic rings. The first-order valence-electron chi connectivity index (χ1n) is 8.25. The van der Waals surface area contributed by atoms with Gasteiger partial charge in [-0.3, -0.25) is 14.8 Å². The van der Waals surface area contributed by atoms with Gasteiger partial charge in [0.2, 0.25) is 0 Å². The van der Waals surface area contributed by atoms with Crippen molar-refractivity contribution in [3.05, 3.63) is 77.4 Å². The van der Waals surface area contributed by atoms with Gasteiger partial charge in [-0.25, -0.2) is 9.37 Å². The van der Waals surface area contributed by atoms with Gasteiger partial charge >= 0.3 is 0 Å². The maximum Gasteiger partial charge on any atom is 0.187 e. The summed E-state index contributed by atoms with van der Waals surface area (Å²) in [6.45, 7) is 1.91. The molecule has 0 radical (unpaired) electrons. The molecule has 6 nitrogen and oxygen atoms in total. The van der Waals surface area contributed by atoms with Gasteiger partial charge in [-0.2, -0.15) is 5.26 Å². The van der Waals surface area contributed by atoms with Crippen LogP contribution in [-0.4, -0.2) is 20.7 Å². The van der Waals surface area contributed by atoms with Crippen LogP contribution in [-0.2, 0) is 12.8 Å². The standard InChI is InChI=1S/C20H15FN4O2/c1-2-15-6-17(27-18-5-14(21)11-23-12-18)8-19(25-15)20(26)7-16-4-3-13(9-22)10-24-16/h3-6,8,10-12H,2,7H2,1H3. The molecule has 0 aliphatic carbocycles. The van der Waals surface area contributed by atoms with E-state index in [1.807, 2.05) is 13.0 Å². The number of rotatable bonds is 6. The maximum atomic E-state index is 13.3. The number of carbonyl (C=O) groups excluding carboxylic acids is 1. The largest absolute Gasteiger partial charge is 0.455 e. The highest BCUT2D eigenvalue weighted by molar-refractivity contribution is 5.96. The molecule has 0 aromatic carbocycles. The van der Waals surface area contributed by atoms with Crippen LogP contribution < -0.4 is 4.74 Å². The van der Waals surface area contributed by atoms with E-state index in [-0.39, 0.29) is 23.6 Å². The molecule has 0 spiro atoms. The van der Waals surface area contributed by atoms with Crippen LogP contribution in [0.15, 0.2) is 48.9 Å². The average molecular weight is 362 g/mol. The second-order valence-electron chi connectivity index (χ2n) is 5.72. The predicted octanol–water partition coefficient (Wildman–Crippen LogP) is 3.66. The Morgan fingerprint density at radius 3 is 2.67 bits per heavy atom. The quantitative estimate of drug-likeness (QED) is 0.622. The van der Waals surface area contributed by atoms with Gasteiger partial charge in [-0.1, -0.05) is 6.92 Å². The number of nitrogens with zero attached hydrogens (tertiary/aromatic N) is 4. The summed E-state index contributed by atoms with van der Waals surface area (Å²) in [6.07, 6.45) is 4.54. The molecule has 7 heteroatoms. The van der Waals surface area contributed by atoms with Crippen LogP contribution in [0.5, 0.6) is 11.5 Å². The number of hydrogen-bond donors (Lipinski definition) is 0. The van der Waals surface area contributed by atoms with Gasteiger partial charge in [0.1, 0.15) is 29.1 Å². The van der Waals surface area contributed by atoms with Gasteiger partial charge in [0.05, 0.1) is 24.4 Å². The molecule has 3 rings (SSSR count). The summed E-state index contributed by atoms with van der Waals surface area (Å²) in [6, 6.07) is 9.64. The molecule has 0 aliphatic heterocycles. The van der Waals surface area contributed by atoms with Crippen molar-refractivity contribution in [2.75, 3.05) is 0 Å². The van der Waals surface area contributed by atoms with Crippen molar-refractivity contribution in [3.63, 3.8) is 0 Å². The first-order chi connectivity index (χ1) is 13.1. The third-order valence-corrected chi connectivity index (χ3v) is 3.71. The lowest BCUT2D eigenvalue weighted by atomic mass is 10.1. The number of aryl methyl sites for hydroxylation is 1. The summed E-state index contributed by atoms with van der Waals surface area (Å²) in [5.41, 5.74) is 1.88. The van der Waals surface area contributed by atoms with Gasteiger partial charge < -0.3 is 4.74 Å². The van der Waals surface area contributed by atoms with E-state index in [1.54, 1.807) is 18.2 Å². The molecule has 3 aromatic rings. The summed E-state index contributed by atoms with van der Waals surface area (Å²) >= 11 is 0. The molecular weight excluding hydrogens is 347 g/mol. The Bertz CT molecular complexity index is 1010. The molecule has 0 fully saturated rings. The van der Waals surface area contributed by atoms with E-state index in [4.69, 9.17) is 10.00 Å². The molecule has 0 atom stereocenters. The highest BCUT2D eigenvalue weighted by Gasteiger charge is 2.13. The molecule has 0 unspecified atom stereocenters. The van der Waals surface area contributed by atoms with Crippen LogP contribution in [0.25, 0.3) is 0 Å². The minimum Gasteiger partial charge on any atom is -0.455 e. The van der Waals surface area contributed by atoms with E-state index in [0.29, 0.717) is 29.1 Å².